The molecule has 4 N–H and O–H groups in total. The van der Waals surface area contributed by atoms with Gasteiger partial charge in [-0.2, -0.15) is 11.8 Å². The van der Waals surface area contributed by atoms with E-state index in [2.05, 4.69) is 227 Å². The van der Waals surface area contributed by atoms with E-state index >= 15 is 0 Å². The molecule has 0 heterocycles. The first kappa shape index (κ1) is 157. The zero-order chi connectivity index (χ0) is 113. The Bertz CT molecular complexity index is 2770. The Balaban J connectivity index is -0.000000168. The number of hydrogen-bond acceptors (Lipinski definition) is 19. The summed E-state index contributed by atoms with van der Waals surface area (Å²) in [5, 5.41) is 19.2. The minimum atomic E-state index is -0.806. The van der Waals surface area contributed by atoms with Crippen LogP contribution in [0, 0.1) is 78.8 Å². The van der Waals surface area contributed by atoms with Gasteiger partial charge in [0.2, 0.25) is 12.2 Å². The van der Waals surface area contributed by atoms with Crippen LogP contribution in [0.15, 0.2) is 0 Å². The zero-order valence-electron chi connectivity index (χ0n) is 104. The summed E-state index contributed by atoms with van der Waals surface area (Å²) in [7, 11) is 2.26. The van der Waals surface area contributed by atoms with E-state index in [1.54, 1.807) is 27.7 Å². The minimum absolute atomic E-state index is 0.0178. The maximum absolute atomic E-state index is 11.5. The molecule has 0 aromatic carbocycles. The van der Waals surface area contributed by atoms with Crippen molar-refractivity contribution in [3.8, 4) is 0 Å². The number of aliphatic hydroxyl groups excluding tert-OH is 1. The third kappa shape index (κ3) is 153. The van der Waals surface area contributed by atoms with Crippen molar-refractivity contribution in [3.05, 3.63) is 0 Å². The normalized spacial score (nSPS) is 12.7. The van der Waals surface area contributed by atoms with Gasteiger partial charge in [0.1, 0.15) is 17.7 Å². The highest BCUT2D eigenvalue weighted by molar-refractivity contribution is 7.99. The third-order valence-electron chi connectivity index (χ3n) is 20.0. The van der Waals surface area contributed by atoms with Crippen LogP contribution in [0.3, 0.4) is 0 Å². The summed E-state index contributed by atoms with van der Waals surface area (Å²) in [6.07, 6.45) is 25.2. The van der Waals surface area contributed by atoms with Gasteiger partial charge in [0, 0.05) is 86.8 Å². The van der Waals surface area contributed by atoms with Gasteiger partial charge in [0.25, 0.3) is 0 Å². The molecule has 0 fully saturated rings. The van der Waals surface area contributed by atoms with Gasteiger partial charge < -0.3 is 59.1 Å². The molecule has 0 aliphatic rings. The zero-order valence-corrected chi connectivity index (χ0v) is 105. The molecule has 0 saturated heterocycles. The van der Waals surface area contributed by atoms with Crippen molar-refractivity contribution in [2.45, 2.75) is 581 Å². The van der Waals surface area contributed by atoms with Crippen molar-refractivity contribution in [3.63, 3.8) is 0 Å². The molecule has 0 aromatic rings. The number of ether oxygens (including phenoxy) is 7. The molecular formula is C120H250N4O15S. The summed E-state index contributed by atoms with van der Waals surface area (Å²) >= 11 is 2.13. The van der Waals surface area contributed by atoms with Gasteiger partial charge in [-0.15, -0.1) is 0 Å². The number of carbonyl (C=O) groups is 7. The topological polar surface area (TPSA) is 244 Å². The second kappa shape index (κ2) is 81.8. The smallest absolute Gasteiger partial charge is 0.311 e. The molecule has 1 atom stereocenters. The van der Waals surface area contributed by atoms with E-state index in [4.69, 9.17) is 33.2 Å². The minimum Gasteiger partial charge on any atom is -0.463 e. The molecule has 0 aromatic heterocycles. The van der Waals surface area contributed by atoms with E-state index in [-0.39, 0.29) is 105 Å². The van der Waals surface area contributed by atoms with Crippen molar-refractivity contribution in [2.24, 2.45) is 78.8 Å². The molecule has 0 spiro atoms. The van der Waals surface area contributed by atoms with E-state index in [1.165, 1.54) is 121 Å². The van der Waals surface area contributed by atoms with Gasteiger partial charge in [-0.05, 0) is 316 Å². The fourth-order valence-electron chi connectivity index (χ4n) is 11.8. The lowest BCUT2D eigenvalue weighted by molar-refractivity contribution is -0.189. The number of nitrogens with one attached hydrogen (secondary N) is 3. The summed E-state index contributed by atoms with van der Waals surface area (Å²) in [4.78, 5) is 81.1. The Morgan fingerprint density at radius 1 is 0.343 bits per heavy atom. The van der Waals surface area contributed by atoms with Crippen LogP contribution >= 0.6 is 11.8 Å². The van der Waals surface area contributed by atoms with Crippen LogP contribution in [0.25, 0.3) is 0 Å². The first-order valence-corrected chi connectivity index (χ1v) is 56.1. The summed E-state index contributed by atoms with van der Waals surface area (Å²) in [5.74, 6) is 3.45. The average molecular weight is 2020 g/mol. The fraction of sp³-hybridized carbons (Fsp3) is 0.942. The number of thioether (sulfide) groups is 1. The largest absolute Gasteiger partial charge is 0.463 e. The molecule has 0 aliphatic heterocycles. The number of unbranched alkanes of at least 4 members (excludes halogenated alkanes) is 4. The summed E-state index contributed by atoms with van der Waals surface area (Å²) < 4.78 is 36.6. The van der Waals surface area contributed by atoms with Crippen LogP contribution < -0.4 is 16.0 Å². The maximum Gasteiger partial charge on any atom is 0.311 e. The van der Waals surface area contributed by atoms with E-state index in [0.29, 0.717) is 88.2 Å². The molecule has 1 amide bonds. The molecule has 19 nitrogen and oxygen atoms in total. The molecule has 0 aliphatic carbocycles. The number of carbonyl (C=O) groups excluding carboxylic acids is 7. The van der Waals surface area contributed by atoms with Gasteiger partial charge in [-0.3, -0.25) is 33.6 Å². The number of rotatable bonds is 49. The number of nitrogens with zero attached hydrogens (tertiary/aromatic N) is 1. The predicted octanol–water partition coefficient (Wildman–Crippen LogP) is 32.0. The third-order valence-corrected chi connectivity index (χ3v) is 21.2. The Kier molecular flexibility index (Phi) is 91.7. The highest BCUT2D eigenvalue weighted by Crippen LogP contribution is 2.28. The van der Waals surface area contributed by atoms with Crippen LogP contribution in [0.2, 0.25) is 0 Å². The first-order valence-electron chi connectivity index (χ1n) is 54.9. The Hall–Kier alpha value is -3.08. The van der Waals surface area contributed by atoms with Crippen molar-refractivity contribution < 1.29 is 71.8 Å². The first-order chi connectivity index (χ1) is 62.5. The van der Waals surface area contributed by atoms with Crippen LogP contribution in [0.5, 0.6) is 0 Å². The SMILES string of the molecule is CC(C)(C)CCCNC(C)(C)C.CC(C)(C)CCCOCCCC(C)(C)C.CC(C)(C)CCCSCCCC(C)(C)C.CC(C)(C)OCC(O)COC(C)(C)C.CC(C)(C)OCCCNC(=O)C(C)(C)C.CC(C)C(=O)CCCCCCCC(=O)C(C)C.CC(C)C(=O)[C@H](C)NC(C)(C)C.CC(C)CC(=O)OC(C)C.CC(OC(=O)C(C)C)OC(=O)C(C)C.CN(CCCC(C)(C)C)CCCC(C)(C)C. The number of amides is 1. The van der Waals surface area contributed by atoms with Gasteiger partial charge in [-0.25, -0.2) is 0 Å². The van der Waals surface area contributed by atoms with E-state index < -0.39 is 12.4 Å². The van der Waals surface area contributed by atoms with Crippen molar-refractivity contribution in [1.29, 1.82) is 0 Å². The lowest BCUT2D eigenvalue weighted by atomic mass is 9.90. The van der Waals surface area contributed by atoms with Crippen molar-refractivity contribution in [2.75, 3.05) is 77.8 Å². The predicted molar refractivity (Wildman–Crippen MR) is 611 cm³/mol. The van der Waals surface area contributed by atoms with Gasteiger partial charge in [0.05, 0.1) is 54.0 Å². The molecule has 0 rings (SSSR count). The van der Waals surface area contributed by atoms with Crippen LogP contribution in [0.4, 0.5) is 0 Å². The average Bonchev–Trinajstić information content (AvgIpc) is 0.900. The van der Waals surface area contributed by atoms with Gasteiger partial charge in [0.15, 0.2) is 5.78 Å². The summed E-state index contributed by atoms with van der Waals surface area (Å²) in [5.41, 5.74) is 2.91. The van der Waals surface area contributed by atoms with E-state index in [0.717, 1.165) is 71.1 Å². The lowest BCUT2D eigenvalue weighted by Crippen LogP contribution is -2.47. The highest BCUT2D eigenvalue weighted by Gasteiger charge is 2.26. The maximum atomic E-state index is 11.5. The van der Waals surface area contributed by atoms with Crippen LogP contribution in [-0.4, -0.2) is 181 Å². The molecule has 0 saturated carbocycles. The highest BCUT2D eigenvalue weighted by atomic mass is 32.2. The van der Waals surface area contributed by atoms with Gasteiger partial charge in [-0.1, -0.05) is 269 Å². The van der Waals surface area contributed by atoms with Gasteiger partial charge >= 0.3 is 17.9 Å². The van der Waals surface area contributed by atoms with Crippen molar-refractivity contribution >= 4 is 52.9 Å². The second-order valence-corrected chi connectivity index (χ2v) is 57.0. The van der Waals surface area contributed by atoms with Crippen LogP contribution in [-0.2, 0) is 66.7 Å². The standard InChI is InChI=1S/C15H33N.C15H28O2.C14H30O.C14H30S.C12H25NO2.C11H25N.C11H24O3.C10H21NO.C10H18O4.C8H16O2/c1-14(2,3)10-8-12-16(7)13-9-11-15(4,5)6;1-12(2)14(16)10-8-6-5-7-9-11-15(17)13(3)4;2*1-13(2,3)9-7-11-15-12-8-10-14(4,5)6;1-11(2,3)10(14)13-8-7-9-15-12(4,5)6;1-10(2,3)8-7-9-12-11(4,5)6;1-10(2,3)13-7-9(12)8-14-11(4,5)6;1-7(2)9(12)8(3)11-10(4,5)6;1-6(2)9(11)13-8(5)14-10(12)7(3)4;1-6(2)5-8(9)10-7(3)4/h8-13H2,1-7H3;12-13H,5-11H2,1-4H3;2*7-12H2,1-6H3;7-9H2,1-6H3,(H,13,14);12H,7-9H2,1-6H3;9,12H,7-8H2,1-6H3;7-8,11H,1-6H3;6-8H,1-5H3;6-7H,5H2,1-4H3/t;;;;;;;8-;;/m.......0../s1. The number of ketones is 3. The van der Waals surface area contributed by atoms with Crippen molar-refractivity contribution in [1.82, 2.24) is 20.9 Å². The monoisotopic (exact) mass is 2020 g/mol. The van der Waals surface area contributed by atoms with E-state index in [9.17, 15) is 38.7 Å². The Morgan fingerprint density at radius 3 is 0.943 bits per heavy atom. The lowest BCUT2D eigenvalue weighted by Gasteiger charge is -2.26. The van der Waals surface area contributed by atoms with E-state index in [1.807, 2.05) is 159 Å². The molecule has 0 unspecified atom stereocenters. The fourth-order valence-corrected chi connectivity index (χ4v) is 12.7. The molecule has 0 bridgehead atoms. The number of esters is 3. The molecular weight excluding hydrogens is 1770 g/mol. The van der Waals surface area contributed by atoms with Crippen LogP contribution in [0.1, 0.15) is 528 Å². The molecule has 140 heavy (non-hydrogen) atoms. The Labute approximate surface area is 877 Å². The molecule has 846 valence electrons. The number of hydrogen-bond donors (Lipinski definition) is 4. The second-order valence-electron chi connectivity index (χ2n) is 55.7. The summed E-state index contributed by atoms with van der Waals surface area (Å²) in [6.45, 7) is 122. The molecule has 0 radical (unpaired) electrons. The molecule has 20 heteroatoms. The summed E-state index contributed by atoms with van der Waals surface area (Å²) in [6, 6.07) is -0.0370. The quantitative estimate of drug-likeness (QED) is 0.0251. The number of Topliss-reactive ketones (excluding diaryl/α,β-unsaturated/α-hetero) is 3. The Morgan fingerprint density at radius 2 is 0.664 bits per heavy atom. The number of aliphatic hydroxyl groups is 1.